The average molecular weight is 425 g/mol. The molecule has 0 unspecified atom stereocenters. The first-order chi connectivity index (χ1) is 13.1. The summed E-state index contributed by atoms with van der Waals surface area (Å²) in [7, 11) is 0. The molecule has 0 radical (unpaired) electrons. The summed E-state index contributed by atoms with van der Waals surface area (Å²) < 4.78 is 17.1. The lowest BCUT2D eigenvalue weighted by Crippen LogP contribution is -2.29. The van der Waals surface area contributed by atoms with Crippen molar-refractivity contribution in [2.75, 3.05) is 0 Å². The van der Waals surface area contributed by atoms with Crippen molar-refractivity contribution < 1.29 is 23.5 Å². The van der Waals surface area contributed by atoms with E-state index in [1.54, 1.807) is 36.4 Å². The Morgan fingerprint density at radius 2 is 1.59 bits per heavy atom. The lowest BCUT2D eigenvalue weighted by atomic mass is 10.1. The molecule has 3 aromatic rings. The van der Waals surface area contributed by atoms with Crippen molar-refractivity contribution in [1.82, 2.24) is 0 Å². The van der Waals surface area contributed by atoms with E-state index in [-0.39, 0.29) is 5.57 Å². The van der Waals surface area contributed by atoms with Gasteiger partial charge in [-0.15, -0.1) is 0 Å². The summed E-state index contributed by atoms with van der Waals surface area (Å²) in [5, 5.41) is 0. The number of ether oxygens (including phenoxy) is 2. The summed E-state index contributed by atoms with van der Waals surface area (Å²) in [5.74, 6) is -0.532. The van der Waals surface area contributed by atoms with Gasteiger partial charge in [0.05, 0.1) is 0 Å². The number of furan rings is 1. The highest BCUT2D eigenvalue weighted by Gasteiger charge is 2.34. The van der Waals surface area contributed by atoms with Crippen LogP contribution in [0.1, 0.15) is 17.6 Å². The number of benzene rings is 2. The molecule has 2 heterocycles. The first kappa shape index (κ1) is 17.3. The van der Waals surface area contributed by atoms with Crippen LogP contribution in [-0.4, -0.2) is 11.9 Å². The number of carbonyl (C=O) groups excluding carboxylic acids is 2. The van der Waals surface area contributed by atoms with E-state index in [1.807, 2.05) is 30.3 Å². The zero-order chi connectivity index (χ0) is 18.8. The molecule has 1 aliphatic rings. The third kappa shape index (κ3) is 3.71. The fourth-order valence-electron chi connectivity index (χ4n) is 2.66. The molecule has 0 spiro atoms. The van der Waals surface area contributed by atoms with E-state index in [9.17, 15) is 9.59 Å². The first-order valence-corrected chi connectivity index (χ1v) is 8.94. The molecule has 1 aliphatic heterocycles. The number of esters is 2. The van der Waals surface area contributed by atoms with Crippen molar-refractivity contribution in [3.63, 3.8) is 0 Å². The number of rotatable bonds is 3. The van der Waals surface area contributed by atoms with E-state index in [0.29, 0.717) is 17.1 Å². The second-order valence-corrected chi connectivity index (χ2v) is 6.74. The van der Waals surface area contributed by atoms with Gasteiger partial charge < -0.3 is 13.9 Å². The van der Waals surface area contributed by atoms with Gasteiger partial charge in [0.25, 0.3) is 6.29 Å². The third-order valence-corrected chi connectivity index (χ3v) is 4.46. The SMILES string of the molecule is O=C1OC(c2ccccc2)OC(=O)C1=Cc1ccc(-c2cccc(Br)c2)o1. The predicted molar refractivity (Wildman–Crippen MR) is 101 cm³/mol. The fourth-order valence-corrected chi connectivity index (χ4v) is 3.06. The molecular weight excluding hydrogens is 412 g/mol. The van der Waals surface area contributed by atoms with Crippen molar-refractivity contribution in [2.45, 2.75) is 6.29 Å². The summed E-state index contributed by atoms with van der Waals surface area (Å²) in [5.41, 5.74) is 1.25. The lowest BCUT2D eigenvalue weighted by molar-refractivity contribution is -0.195. The monoisotopic (exact) mass is 424 g/mol. The van der Waals surface area contributed by atoms with Crippen LogP contribution in [-0.2, 0) is 19.1 Å². The van der Waals surface area contributed by atoms with E-state index in [1.165, 1.54) is 6.08 Å². The Morgan fingerprint density at radius 1 is 0.852 bits per heavy atom. The summed E-state index contributed by atoms with van der Waals surface area (Å²) in [6.07, 6.45) is 0.282. The van der Waals surface area contributed by atoms with Gasteiger partial charge in [-0.3, -0.25) is 0 Å². The highest BCUT2D eigenvalue weighted by molar-refractivity contribution is 9.10. The molecule has 0 saturated carbocycles. The topological polar surface area (TPSA) is 65.7 Å². The highest BCUT2D eigenvalue weighted by Crippen LogP contribution is 2.29. The number of cyclic esters (lactones) is 2. The molecule has 5 nitrogen and oxygen atoms in total. The predicted octanol–water partition coefficient (Wildman–Crippen LogP) is 4.89. The van der Waals surface area contributed by atoms with E-state index in [4.69, 9.17) is 13.9 Å². The zero-order valence-corrected chi connectivity index (χ0v) is 15.5. The van der Waals surface area contributed by atoms with Crippen molar-refractivity contribution in [3.05, 3.63) is 88.1 Å². The van der Waals surface area contributed by atoms with Crippen LogP contribution in [0.25, 0.3) is 17.4 Å². The van der Waals surface area contributed by atoms with Crippen molar-refractivity contribution in [3.8, 4) is 11.3 Å². The van der Waals surface area contributed by atoms with Gasteiger partial charge in [-0.1, -0.05) is 58.4 Å². The minimum absolute atomic E-state index is 0.211. The molecule has 1 aromatic heterocycles. The second kappa shape index (κ2) is 7.25. The molecule has 0 atom stereocenters. The van der Waals surface area contributed by atoms with Crippen LogP contribution in [0.2, 0.25) is 0 Å². The summed E-state index contributed by atoms with van der Waals surface area (Å²) in [4.78, 5) is 24.6. The maximum absolute atomic E-state index is 12.3. The maximum Gasteiger partial charge on any atom is 0.349 e. The van der Waals surface area contributed by atoms with Crippen LogP contribution in [0, 0.1) is 0 Å². The summed E-state index contributed by atoms with van der Waals surface area (Å²) in [6.45, 7) is 0. The molecule has 4 rings (SSSR count). The molecule has 134 valence electrons. The molecule has 1 saturated heterocycles. The van der Waals surface area contributed by atoms with Gasteiger partial charge in [0.2, 0.25) is 0 Å². The standard InChI is InChI=1S/C21H13BrO5/c22-15-8-4-7-14(11-15)18-10-9-16(25-18)12-17-19(23)26-21(27-20(17)24)13-5-2-1-3-6-13/h1-12,21H. The molecule has 0 bridgehead atoms. The van der Waals surface area contributed by atoms with Crippen molar-refractivity contribution in [2.24, 2.45) is 0 Å². The molecule has 1 fully saturated rings. The van der Waals surface area contributed by atoms with E-state index in [2.05, 4.69) is 15.9 Å². The van der Waals surface area contributed by atoms with Crippen molar-refractivity contribution in [1.29, 1.82) is 0 Å². The molecule has 0 aliphatic carbocycles. The van der Waals surface area contributed by atoms with Crippen LogP contribution in [0.4, 0.5) is 0 Å². The van der Waals surface area contributed by atoms with Gasteiger partial charge in [-0.2, -0.15) is 0 Å². The molecule has 0 amide bonds. The Labute approximate surface area is 163 Å². The number of carbonyl (C=O) groups is 2. The zero-order valence-electron chi connectivity index (χ0n) is 13.9. The van der Waals surface area contributed by atoms with Crippen LogP contribution in [0.3, 0.4) is 0 Å². The molecule has 2 aromatic carbocycles. The van der Waals surface area contributed by atoms with Gasteiger partial charge in [0.15, 0.2) is 0 Å². The van der Waals surface area contributed by atoms with E-state index >= 15 is 0 Å². The van der Waals surface area contributed by atoms with Gasteiger partial charge in [-0.25, -0.2) is 9.59 Å². The highest BCUT2D eigenvalue weighted by atomic mass is 79.9. The molecule has 6 heteroatoms. The quantitative estimate of drug-likeness (QED) is 0.340. The van der Waals surface area contributed by atoms with Crippen LogP contribution < -0.4 is 0 Å². The van der Waals surface area contributed by atoms with E-state index in [0.717, 1.165) is 10.0 Å². The molecular formula is C21H13BrO5. The average Bonchev–Trinajstić information content (AvgIpc) is 3.14. The smallest absolute Gasteiger partial charge is 0.349 e. The Bertz CT molecular complexity index is 1020. The number of hydrogen-bond acceptors (Lipinski definition) is 5. The second-order valence-electron chi connectivity index (χ2n) is 5.82. The third-order valence-electron chi connectivity index (χ3n) is 3.96. The first-order valence-electron chi connectivity index (χ1n) is 8.14. The number of halogens is 1. The van der Waals surface area contributed by atoms with Gasteiger partial charge >= 0.3 is 11.9 Å². The maximum atomic E-state index is 12.3. The van der Waals surface area contributed by atoms with Crippen molar-refractivity contribution >= 4 is 33.9 Å². The summed E-state index contributed by atoms with van der Waals surface area (Å²) >= 11 is 3.41. The normalized spacial score (nSPS) is 16.6. The Balaban J connectivity index is 1.56. The summed E-state index contributed by atoms with van der Waals surface area (Å²) in [6, 6.07) is 19.8. The molecule has 27 heavy (non-hydrogen) atoms. The van der Waals surface area contributed by atoms with Gasteiger partial charge in [-0.05, 0) is 24.3 Å². The van der Waals surface area contributed by atoms with Crippen LogP contribution >= 0.6 is 15.9 Å². The largest absolute Gasteiger partial charge is 0.457 e. The Morgan fingerprint density at radius 3 is 2.30 bits per heavy atom. The fraction of sp³-hybridized carbons (Fsp3) is 0.0476. The Hall–Kier alpha value is -3.12. The van der Waals surface area contributed by atoms with Gasteiger partial charge in [0, 0.05) is 21.7 Å². The van der Waals surface area contributed by atoms with Crippen LogP contribution in [0.5, 0.6) is 0 Å². The van der Waals surface area contributed by atoms with E-state index < -0.39 is 18.2 Å². The van der Waals surface area contributed by atoms with Crippen LogP contribution in [0.15, 0.2) is 81.2 Å². The lowest BCUT2D eigenvalue weighted by Gasteiger charge is -2.23. The Kier molecular flexibility index (Phi) is 4.64. The van der Waals surface area contributed by atoms with Gasteiger partial charge in [0.1, 0.15) is 17.1 Å². The minimum Gasteiger partial charge on any atom is -0.457 e. The molecule has 0 N–H and O–H groups in total. The minimum atomic E-state index is -1.04. The number of hydrogen-bond donors (Lipinski definition) is 0.